The van der Waals surface area contributed by atoms with Gasteiger partial charge in [-0.05, 0) is 189 Å². The highest BCUT2D eigenvalue weighted by molar-refractivity contribution is 7.00. The molecule has 0 atom stereocenters. The van der Waals surface area contributed by atoms with Gasteiger partial charge in [0.15, 0.2) is 0 Å². The number of benzene rings is 19. The van der Waals surface area contributed by atoms with Crippen molar-refractivity contribution in [3.05, 3.63) is 499 Å². The molecule has 0 saturated carbocycles. The molecule has 4 aliphatic rings. The molecule has 25 rings (SSSR count). The van der Waals surface area contributed by atoms with E-state index in [1.807, 2.05) is 72.8 Å². The molecule has 2 aromatic heterocycles. The molecule has 0 unspecified atom stereocenters. The summed E-state index contributed by atoms with van der Waals surface area (Å²) in [5, 5.41) is -0.340. The minimum atomic E-state index is -0.886. The highest BCUT2D eigenvalue weighted by atomic mass is 15.2. The number of nitrogens with zero attached hydrogens (tertiary/aromatic N) is 4. The zero-order chi connectivity index (χ0) is 96.7. The molecule has 0 N–H and O–H groups in total. The standard InChI is InChI=1S/C120H83BN4/c1-118(2,3)86-74-113-115-114(75-86)125(117-91(80-64-68-95-93-48-22-28-58-101(93)119(103(95)72-80,82-40-14-6-15-41-82)83-42-16-7-17-43-83)56-35-57-92(117)81-65-69-96-94-49-23-29-59-102(94)120(104(96)73-81,84-44-18-8-19-45-84)85-46-20-9-21-47-85)112-77-88(123-109-62-32-26-52-99(109)100-53-27-33-63-110(100)123)67-71-106(112)121(115)105-70-66-87(122-107-60-30-24-50-97(107)98-51-25-31-61-108(98)122)76-111(105)124(113)116-89(78-36-10-4-11-37-78)54-34-55-90(116)79-38-12-5-13-39-79/h4-77H,1-3H3/i24D,25D,26D,27D,30D,31D,32D,33D,50D,51D,52D,53D,60D,61D,62D,63D. The van der Waals surface area contributed by atoms with Crippen LogP contribution < -0.4 is 26.2 Å². The molecule has 0 radical (unpaired) electrons. The van der Waals surface area contributed by atoms with Crippen molar-refractivity contribution in [2.24, 2.45) is 0 Å². The predicted molar refractivity (Wildman–Crippen MR) is 524 cm³/mol. The van der Waals surface area contributed by atoms with Gasteiger partial charge in [0.1, 0.15) is 0 Å². The topological polar surface area (TPSA) is 16.3 Å². The van der Waals surface area contributed by atoms with Crippen LogP contribution in [0.2, 0.25) is 0 Å². The van der Waals surface area contributed by atoms with E-state index in [1.54, 1.807) is 9.13 Å². The molecule has 21 aromatic rings. The second kappa shape index (κ2) is 28.0. The van der Waals surface area contributed by atoms with Crippen molar-refractivity contribution < 1.29 is 21.9 Å². The Hall–Kier alpha value is -15.6. The van der Waals surface area contributed by atoms with Gasteiger partial charge in [0.05, 0.1) is 66.2 Å². The number of anilines is 6. The van der Waals surface area contributed by atoms with Crippen LogP contribution in [0.4, 0.5) is 34.1 Å². The molecule has 0 fully saturated rings. The molecule has 125 heavy (non-hydrogen) atoms. The second-order valence-corrected chi connectivity index (χ2v) is 34.0. The van der Waals surface area contributed by atoms with Crippen LogP contribution in [0.3, 0.4) is 0 Å². The predicted octanol–water partition coefficient (Wildman–Crippen LogP) is 28.7. The number of hydrogen-bond acceptors (Lipinski definition) is 2. The molecule has 5 heteroatoms. The van der Waals surface area contributed by atoms with E-state index >= 15 is 0 Å². The Morgan fingerprint density at radius 2 is 0.560 bits per heavy atom. The normalized spacial score (nSPS) is 15.4. The van der Waals surface area contributed by atoms with Crippen LogP contribution >= 0.6 is 0 Å². The highest BCUT2D eigenvalue weighted by Crippen LogP contribution is 2.62. The van der Waals surface area contributed by atoms with E-state index < -0.39 is 120 Å². The van der Waals surface area contributed by atoms with Crippen molar-refractivity contribution in [1.29, 1.82) is 0 Å². The quantitative estimate of drug-likeness (QED) is 0.113. The maximum atomic E-state index is 10.2. The molecule has 0 saturated heterocycles. The molecule has 4 heterocycles. The third kappa shape index (κ3) is 10.6. The summed E-state index contributed by atoms with van der Waals surface area (Å²) >= 11 is 0. The minimum Gasteiger partial charge on any atom is -0.310 e. The lowest BCUT2D eigenvalue weighted by atomic mass is 9.33. The summed E-state index contributed by atoms with van der Waals surface area (Å²) < 4.78 is 158. The van der Waals surface area contributed by atoms with Crippen LogP contribution in [0.5, 0.6) is 0 Å². The van der Waals surface area contributed by atoms with E-state index in [9.17, 15) is 21.9 Å². The summed E-state index contributed by atoms with van der Waals surface area (Å²) in [6.07, 6.45) is 0. The van der Waals surface area contributed by atoms with Crippen molar-refractivity contribution in [2.45, 2.75) is 37.0 Å². The third-order valence-corrected chi connectivity index (χ3v) is 26.7. The number of para-hydroxylation sites is 6. The van der Waals surface area contributed by atoms with E-state index in [1.165, 1.54) is 0 Å². The number of fused-ring (bicyclic) bond motifs is 16. The molecular formula is C120H83BN4. The van der Waals surface area contributed by atoms with Gasteiger partial charge in [0, 0.05) is 77.9 Å². The van der Waals surface area contributed by atoms with Crippen molar-refractivity contribution in [2.75, 3.05) is 9.80 Å². The first-order chi connectivity index (χ1) is 68.3. The Kier molecular flexibility index (Phi) is 12.9. The van der Waals surface area contributed by atoms with E-state index in [-0.39, 0.29) is 49.3 Å². The first kappa shape index (κ1) is 57.6. The zero-order valence-electron chi connectivity index (χ0n) is 84.4. The van der Waals surface area contributed by atoms with Gasteiger partial charge >= 0.3 is 0 Å². The van der Waals surface area contributed by atoms with Crippen LogP contribution in [-0.4, -0.2) is 15.8 Å². The van der Waals surface area contributed by atoms with Gasteiger partial charge in [-0.15, -0.1) is 0 Å². The summed E-state index contributed by atoms with van der Waals surface area (Å²) in [7, 11) is 0. The first-order valence-electron chi connectivity index (χ1n) is 50.5. The van der Waals surface area contributed by atoms with Gasteiger partial charge in [-0.2, -0.15) is 0 Å². The van der Waals surface area contributed by atoms with Crippen LogP contribution in [0.1, 0.15) is 92.8 Å². The van der Waals surface area contributed by atoms with Crippen LogP contribution in [0, 0.1) is 0 Å². The summed E-state index contributed by atoms with van der Waals surface area (Å²) in [6, 6.07) is 116. The fraction of sp³-hybridized carbons (Fsp3) is 0.0500. The smallest absolute Gasteiger partial charge is 0.252 e. The van der Waals surface area contributed by atoms with Gasteiger partial charge in [0.25, 0.3) is 6.71 Å². The monoisotopic (exact) mass is 1610 g/mol. The molecule has 0 spiro atoms. The molecular weight excluding hydrogens is 1510 g/mol. The zero-order valence-corrected chi connectivity index (χ0v) is 68.4. The Labute approximate surface area is 751 Å². The average molecular weight is 1610 g/mol. The van der Waals surface area contributed by atoms with E-state index in [4.69, 9.17) is 0 Å². The Bertz CT molecular complexity index is 8510. The lowest BCUT2D eigenvalue weighted by molar-refractivity contribution is 0.590. The lowest BCUT2D eigenvalue weighted by Gasteiger charge is -2.46. The molecule has 4 nitrogen and oxygen atoms in total. The lowest BCUT2D eigenvalue weighted by Crippen LogP contribution is -2.61. The van der Waals surface area contributed by atoms with Crippen molar-refractivity contribution in [1.82, 2.24) is 9.13 Å². The maximum Gasteiger partial charge on any atom is 0.252 e. The van der Waals surface area contributed by atoms with Crippen molar-refractivity contribution in [3.63, 3.8) is 0 Å². The fourth-order valence-corrected chi connectivity index (χ4v) is 21.5. The molecule has 0 bridgehead atoms. The minimum absolute atomic E-state index is 0.0597. The van der Waals surface area contributed by atoms with Gasteiger partial charge < -0.3 is 18.9 Å². The SMILES string of the molecule is [2H]c1c([2H])c([2H])c2c(c1[2H])c1c([2H])c([2H])c([2H])c([2H])c1n2-c1ccc2c(c1)N(c1c(-c3ccccc3)cccc1-c1ccccc1)c1cc(C(C)(C)C)cc3c1B2c1ccc(-n2c4c([2H])c([2H])c([2H])c([2H])c4c4c([2H])c([2H])c([2H])c([2H])c42)cc1N3c1c(-c2ccc3c(c2)C(c2ccccc2)(c2ccccc2)c2ccccc2-3)cccc1-c1ccc2c(c1)C(c1ccccc1)(c1ccccc1)c1ccccc1-2. The summed E-state index contributed by atoms with van der Waals surface area (Å²) in [5.41, 5.74) is 24.6. The summed E-state index contributed by atoms with van der Waals surface area (Å²) in [5.74, 6) is 0. The van der Waals surface area contributed by atoms with Gasteiger partial charge in [-0.3, -0.25) is 0 Å². The van der Waals surface area contributed by atoms with E-state index in [0.29, 0.717) is 28.2 Å². The van der Waals surface area contributed by atoms with E-state index in [2.05, 4.69) is 310 Å². The van der Waals surface area contributed by atoms with Crippen molar-refractivity contribution in [3.8, 4) is 78.1 Å². The Balaban J connectivity index is 0.875. The van der Waals surface area contributed by atoms with Gasteiger partial charge in [0.2, 0.25) is 0 Å². The maximum absolute atomic E-state index is 10.2. The summed E-state index contributed by atoms with van der Waals surface area (Å²) in [4.78, 5) is 4.74. The van der Waals surface area contributed by atoms with Crippen LogP contribution in [0.25, 0.3) is 122 Å². The average Bonchev–Trinajstić information content (AvgIpc) is 1.12. The van der Waals surface area contributed by atoms with E-state index in [0.717, 1.165) is 145 Å². The van der Waals surface area contributed by atoms with Crippen molar-refractivity contribution >= 4 is 101 Å². The molecule has 2 aliphatic carbocycles. The summed E-state index contributed by atoms with van der Waals surface area (Å²) in [6.45, 7) is 5.76. The van der Waals surface area contributed by atoms with Gasteiger partial charge in [-0.25, -0.2) is 0 Å². The molecule has 0 amide bonds. The highest BCUT2D eigenvalue weighted by Gasteiger charge is 2.51. The fourth-order valence-electron chi connectivity index (χ4n) is 21.5. The third-order valence-electron chi connectivity index (χ3n) is 26.7. The number of aromatic nitrogens is 2. The second-order valence-electron chi connectivity index (χ2n) is 34.0. The molecule has 586 valence electrons. The molecule has 2 aliphatic heterocycles. The van der Waals surface area contributed by atoms with Crippen LogP contribution in [0.15, 0.2) is 449 Å². The number of hydrogen-bond donors (Lipinski definition) is 0. The number of rotatable bonds is 12. The Morgan fingerprint density at radius 3 is 0.912 bits per heavy atom. The van der Waals surface area contributed by atoms with Gasteiger partial charge in [-0.1, -0.05) is 397 Å². The van der Waals surface area contributed by atoms with Crippen LogP contribution in [-0.2, 0) is 16.2 Å². The largest absolute Gasteiger partial charge is 0.310 e. The Morgan fingerprint density at radius 1 is 0.256 bits per heavy atom. The first-order valence-corrected chi connectivity index (χ1v) is 42.5. The molecule has 19 aromatic carbocycles.